The highest BCUT2D eigenvalue weighted by Gasteiger charge is 2.50. The van der Waals surface area contributed by atoms with Gasteiger partial charge in [0.1, 0.15) is 0 Å². The first-order valence-electron chi connectivity index (χ1n) is 15.6. The largest absolute Gasteiger partial charge is 0.309 e. The lowest BCUT2D eigenvalue weighted by atomic mass is 9.76. The van der Waals surface area contributed by atoms with Gasteiger partial charge in [0.25, 0.3) is 0 Å². The lowest BCUT2D eigenvalue weighted by molar-refractivity contribution is 0.511. The van der Waals surface area contributed by atoms with Gasteiger partial charge in [-0.05, 0) is 71.8 Å². The summed E-state index contributed by atoms with van der Waals surface area (Å²) in [4.78, 5) is 0. The zero-order valence-corrected chi connectivity index (χ0v) is 26.4. The molecule has 0 unspecified atom stereocenters. The lowest BCUT2D eigenvalue weighted by Gasteiger charge is -2.35. The second-order valence-electron chi connectivity index (χ2n) is 12.0. The van der Waals surface area contributed by atoms with Crippen molar-refractivity contribution in [3.05, 3.63) is 180 Å². The summed E-state index contributed by atoms with van der Waals surface area (Å²) < 4.78 is 15.9. The van der Waals surface area contributed by atoms with Gasteiger partial charge in [-0.2, -0.15) is 0 Å². The Kier molecular flexibility index (Phi) is 6.98. The minimum Gasteiger partial charge on any atom is -0.309 e. The van der Waals surface area contributed by atoms with Crippen LogP contribution in [0.3, 0.4) is 0 Å². The SMILES string of the molecule is O=P(c1ccccc1)(c1ccccc1)c1cccc2c1[C@]1(CCc3cccc(P(c4ccccc4)c4ccccc4)c31)CC2. The van der Waals surface area contributed by atoms with E-state index >= 15 is 4.57 Å². The molecule has 0 aromatic heterocycles. The lowest BCUT2D eigenvalue weighted by Crippen LogP contribution is -2.37. The molecule has 0 aliphatic heterocycles. The molecule has 3 heteroatoms. The summed E-state index contributed by atoms with van der Waals surface area (Å²) in [6.07, 6.45) is 4.17. The standard InChI is InChI=1S/C41H34OP2/c42-44(35-21-9-3-10-22-35,36-23-11-4-12-24-36)38-26-14-16-32-28-30-41(40(32)38)29-27-31-15-13-25-37(39(31)41)43(33-17-5-1-6-18-33)34-19-7-2-8-20-34/h1-26H,27-30H2/t41-/m1/s1. The number of hydrogen-bond acceptors (Lipinski definition) is 1. The molecule has 0 saturated carbocycles. The monoisotopic (exact) mass is 604 g/mol. The van der Waals surface area contributed by atoms with Crippen LogP contribution in [0.2, 0.25) is 0 Å². The minimum atomic E-state index is -3.16. The molecule has 6 aromatic carbocycles. The summed E-state index contributed by atoms with van der Waals surface area (Å²) in [5.41, 5.74) is 5.48. The van der Waals surface area contributed by atoms with E-state index in [4.69, 9.17) is 0 Å². The van der Waals surface area contributed by atoms with Gasteiger partial charge in [-0.1, -0.05) is 158 Å². The Morgan fingerprint density at radius 3 is 1.45 bits per heavy atom. The molecule has 0 radical (unpaired) electrons. The first kappa shape index (κ1) is 27.5. The molecular weight excluding hydrogens is 570 g/mol. The molecular formula is C41H34OP2. The predicted molar refractivity (Wildman–Crippen MR) is 188 cm³/mol. The van der Waals surface area contributed by atoms with Crippen molar-refractivity contribution < 1.29 is 4.57 Å². The molecule has 2 aliphatic carbocycles. The number of rotatable bonds is 6. The zero-order valence-electron chi connectivity index (χ0n) is 24.6. The summed E-state index contributed by atoms with van der Waals surface area (Å²) in [6.45, 7) is 0. The molecule has 0 heterocycles. The molecule has 1 nitrogen and oxygen atoms in total. The Morgan fingerprint density at radius 2 is 0.932 bits per heavy atom. The maximum atomic E-state index is 15.9. The molecule has 6 aromatic rings. The van der Waals surface area contributed by atoms with Gasteiger partial charge in [0, 0.05) is 21.3 Å². The smallest absolute Gasteiger partial charge is 0.171 e. The van der Waals surface area contributed by atoms with Crippen molar-refractivity contribution in [3.63, 3.8) is 0 Å². The normalized spacial score (nSPS) is 17.1. The van der Waals surface area contributed by atoms with Crippen LogP contribution < -0.4 is 31.8 Å². The molecule has 214 valence electrons. The van der Waals surface area contributed by atoms with E-state index in [1.54, 1.807) is 0 Å². The average Bonchev–Trinajstić information content (AvgIpc) is 3.68. The zero-order chi connectivity index (χ0) is 29.6. The Hall–Kier alpha value is -4.02. The molecule has 44 heavy (non-hydrogen) atoms. The van der Waals surface area contributed by atoms with E-state index in [0.717, 1.165) is 41.6 Å². The number of fused-ring (bicyclic) bond motifs is 4. The second kappa shape index (κ2) is 11.2. The minimum absolute atomic E-state index is 0.165. The van der Waals surface area contributed by atoms with Crippen LogP contribution in [0.4, 0.5) is 0 Å². The third-order valence-electron chi connectivity index (χ3n) is 9.71. The van der Waals surface area contributed by atoms with Crippen molar-refractivity contribution in [1.29, 1.82) is 0 Å². The van der Waals surface area contributed by atoms with Crippen LogP contribution in [0.1, 0.15) is 35.1 Å². The topological polar surface area (TPSA) is 17.1 Å². The van der Waals surface area contributed by atoms with Crippen LogP contribution in [-0.4, -0.2) is 0 Å². The van der Waals surface area contributed by atoms with Gasteiger partial charge in [-0.15, -0.1) is 0 Å². The highest BCUT2D eigenvalue weighted by Crippen LogP contribution is 2.56. The fourth-order valence-corrected chi connectivity index (χ4v) is 13.5. The highest BCUT2D eigenvalue weighted by molar-refractivity contribution is 7.85. The van der Waals surface area contributed by atoms with Gasteiger partial charge in [0.05, 0.1) is 0 Å². The molecule has 0 amide bonds. The van der Waals surface area contributed by atoms with Crippen molar-refractivity contribution in [1.82, 2.24) is 0 Å². The van der Waals surface area contributed by atoms with E-state index in [9.17, 15) is 0 Å². The van der Waals surface area contributed by atoms with Gasteiger partial charge >= 0.3 is 0 Å². The fraction of sp³-hybridized carbons (Fsp3) is 0.122. The third-order valence-corrected chi connectivity index (χ3v) is 15.3. The van der Waals surface area contributed by atoms with Gasteiger partial charge < -0.3 is 4.57 Å². The van der Waals surface area contributed by atoms with E-state index in [-0.39, 0.29) is 5.41 Å². The number of benzene rings is 6. The molecule has 0 saturated heterocycles. The number of hydrogen-bond donors (Lipinski definition) is 0. The first-order valence-corrected chi connectivity index (χ1v) is 18.6. The molecule has 2 aliphatic rings. The molecule has 1 spiro atoms. The van der Waals surface area contributed by atoms with Crippen LogP contribution in [0.15, 0.2) is 158 Å². The van der Waals surface area contributed by atoms with Crippen LogP contribution in [-0.2, 0) is 22.8 Å². The summed E-state index contributed by atoms with van der Waals surface area (Å²) >= 11 is 0. The molecule has 0 N–H and O–H groups in total. The average molecular weight is 605 g/mol. The molecule has 0 bridgehead atoms. The highest BCUT2D eigenvalue weighted by atomic mass is 31.2. The van der Waals surface area contributed by atoms with Crippen LogP contribution >= 0.6 is 15.1 Å². The third kappa shape index (κ3) is 4.29. The molecule has 0 fully saturated rings. The Bertz CT molecular complexity index is 1900. The van der Waals surface area contributed by atoms with Crippen LogP contribution in [0.25, 0.3) is 0 Å². The first-order chi connectivity index (χ1) is 21.7. The maximum Gasteiger partial charge on any atom is 0.171 e. The van der Waals surface area contributed by atoms with Gasteiger partial charge in [-0.3, -0.25) is 0 Å². The van der Waals surface area contributed by atoms with Crippen molar-refractivity contribution in [2.75, 3.05) is 0 Å². The van der Waals surface area contributed by atoms with Gasteiger partial charge in [-0.25, -0.2) is 0 Å². The van der Waals surface area contributed by atoms with Crippen LogP contribution in [0.5, 0.6) is 0 Å². The maximum absolute atomic E-state index is 15.9. The van der Waals surface area contributed by atoms with E-state index in [1.165, 1.54) is 38.2 Å². The quantitative estimate of drug-likeness (QED) is 0.183. The van der Waals surface area contributed by atoms with Crippen molar-refractivity contribution in [2.24, 2.45) is 0 Å². The van der Waals surface area contributed by atoms with E-state index < -0.39 is 15.1 Å². The summed E-state index contributed by atoms with van der Waals surface area (Å²) in [6, 6.07) is 56.2. The van der Waals surface area contributed by atoms with Gasteiger partial charge in [0.2, 0.25) is 0 Å². The number of aryl methyl sites for hydroxylation is 2. The Morgan fingerprint density at radius 1 is 0.477 bits per heavy atom. The van der Waals surface area contributed by atoms with Gasteiger partial charge in [0.15, 0.2) is 7.14 Å². The summed E-state index contributed by atoms with van der Waals surface area (Å²) in [5.74, 6) is 0. The predicted octanol–water partition coefficient (Wildman–Crippen LogP) is 7.26. The van der Waals surface area contributed by atoms with E-state index in [2.05, 4.69) is 121 Å². The van der Waals surface area contributed by atoms with E-state index in [1.807, 2.05) is 36.4 Å². The Balaban J connectivity index is 1.40. The van der Waals surface area contributed by atoms with Crippen molar-refractivity contribution in [3.8, 4) is 0 Å². The second-order valence-corrected chi connectivity index (χ2v) is 16.9. The summed E-state index contributed by atoms with van der Waals surface area (Å²) in [5, 5.41) is 7.03. The van der Waals surface area contributed by atoms with Crippen LogP contribution in [0, 0.1) is 0 Å². The summed E-state index contributed by atoms with van der Waals surface area (Å²) in [7, 11) is -3.93. The molecule has 1 atom stereocenters. The fourth-order valence-electron chi connectivity index (χ4n) is 7.87. The van der Waals surface area contributed by atoms with Crippen molar-refractivity contribution in [2.45, 2.75) is 31.1 Å². The Labute approximate surface area is 261 Å². The van der Waals surface area contributed by atoms with E-state index in [0.29, 0.717) is 0 Å². The molecule has 8 rings (SSSR count). The van der Waals surface area contributed by atoms with Crippen molar-refractivity contribution >= 4 is 46.9 Å².